The Balaban J connectivity index is 1.56. The Morgan fingerprint density at radius 1 is 1.21 bits per heavy atom. The fraction of sp³-hybridized carbons (Fsp3) is 0.333. The van der Waals surface area contributed by atoms with Crippen LogP contribution in [0.1, 0.15) is 23.2 Å². The topological polar surface area (TPSA) is 49.9 Å². The summed E-state index contributed by atoms with van der Waals surface area (Å²) < 4.78 is 5.14. The molecule has 1 aromatic carbocycles. The summed E-state index contributed by atoms with van der Waals surface area (Å²) >= 11 is 1.58. The molecule has 2 amide bonds. The van der Waals surface area contributed by atoms with Crippen LogP contribution in [0.3, 0.4) is 0 Å². The third kappa shape index (κ3) is 2.38. The lowest BCUT2D eigenvalue weighted by Crippen LogP contribution is -2.39. The van der Waals surface area contributed by atoms with E-state index in [0.29, 0.717) is 18.5 Å². The highest BCUT2D eigenvalue weighted by Crippen LogP contribution is 2.37. The number of rotatable bonds is 3. The van der Waals surface area contributed by atoms with Gasteiger partial charge in [-0.1, -0.05) is 0 Å². The van der Waals surface area contributed by atoms with Crippen LogP contribution in [0.4, 0.5) is 5.69 Å². The SMILES string of the molecule is COc1ccc(C(=O)N2CC[C@H]3[C@H]2CC(=O)N3c2ccsc2)cc1. The Labute approximate surface area is 144 Å². The summed E-state index contributed by atoms with van der Waals surface area (Å²) in [5.74, 6) is 0.825. The van der Waals surface area contributed by atoms with E-state index in [0.717, 1.165) is 17.9 Å². The summed E-state index contributed by atoms with van der Waals surface area (Å²) in [6.07, 6.45) is 1.23. The predicted molar refractivity (Wildman–Crippen MR) is 92.6 cm³/mol. The maximum atomic E-state index is 12.8. The minimum atomic E-state index is -0.0352. The van der Waals surface area contributed by atoms with E-state index in [9.17, 15) is 9.59 Å². The van der Waals surface area contributed by atoms with Gasteiger partial charge in [0.25, 0.3) is 5.91 Å². The summed E-state index contributed by atoms with van der Waals surface area (Å²) in [7, 11) is 1.60. The molecule has 2 aliphatic rings. The van der Waals surface area contributed by atoms with Crippen molar-refractivity contribution in [2.24, 2.45) is 0 Å². The molecule has 0 saturated carbocycles. The van der Waals surface area contributed by atoms with E-state index >= 15 is 0 Å². The lowest BCUT2D eigenvalue weighted by Gasteiger charge is -2.25. The number of hydrogen-bond donors (Lipinski definition) is 0. The van der Waals surface area contributed by atoms with Gasteiger partial charge in [-0.25, -0.2) is 0 Å². The largest absolute Gasteiger partial charge is 0.497 e. The third-order valence-corrected chi connectivity index (χ3v) is 5.55. The molecule has 1 aromatic heterocycles. The maximum absolute atomic E-state index is 12.8. The molecular weight excluding hydrogens is 324 g/mol. The van der Waals surface area contributed by atoms with Crippen molar-refractivity contribution >= 4 is 28.8 Å². The summed E-state index contributed by atoms with van der Waals surface area (Å²) in [5.41, 5.74) is 1.59. The van der Waals surface area contributed by atoms with Crippen molar-refractivity contribution in [1.29, 1.82) is 0 Å². The van der Waals surface area contributed by atoms with Crippen LogP contribution in [-0.2, 0) is 4.79 Å². The number of fused-ring (bicyclic) bond motifs is 1. The molecule has 2 aromatic rings. The van der Waals surface area contributed by atoms with E-state index < -0.39 is 0 Å². The van der Waals surface area contributed by atoms with Gasteiger partial charge in [0, 0.05) is 23.9 Å². The van der Waals surface area contributed by atoms with E-state index in [1.165, 1.54) is 0 Å². The molecule has 5 nitrogen and oxygen atoms in total. The molecule has 0 bridgehead atoms. The molecule has 2 atom stereocenters. The summed E-state index contributed by atoms with van der Waals surface area (Å²) in [6, 6.07) is 9.17. The zero-order chi connectivity index (χ0) is 16.7. The molecule has 0 N–H and O–H groups in total. The van der Waals surface area contributed by atoms with Crippen LogP contribution < -0.4 is 9.64 Å². The standard InChI is InChI=1S/C18H18N2O3S/c1-23-14-4-2-12(3-5-14)18(22)19-8-6-15-16(19)10-17(21)20(15)13-7-9-24-11-13/h2-5,7,9,11,15-16H,6,8,10H2,1H3/t15-,16+/m0/s1. The average Bonchev–Trinajstić information content (AvgIpc) is 3.31. The van der Waals surface area contributed by atoms with E-state index in [1.54, 1.807) is 42.7 Å². The number of likely N-dealkylation sites (tertiary alicyclic amines) is 1. The molecule has 2 aliphatic heterocycles. The van der Waals surface area contributed by atoms with Crippen molar-refractivity contribution in [1.82, 2.24) is 4.90 Å². The molecule has 0 spiro atoms. The lowest BCUT2D eigenvalue weighted by atomic mass is 10.1. The summed E-state index contributed by atoms with van der Waals surface area (Å²) in [4.78, 5) is 29.0. The number of benzene rings is 1. The highest BCUT2D eigenvalue weighted by Gasteiger charge is 2.49. The van der Waals surface area contributed by atoms with Crippen LogP contribution >= 0.6 is 11.3 Å². The molecule has 3 heterocycles. The second kappa shape index (κ2) is 5.94. The molecule has 6 heteroatoms. The van der Waals surface area contributed by atoms with Crippen molar-refractivity contribution < 1.29 is 14.3 Å². The van der Waals surface area contributed by atoms with Gasteiger partial charge < -0.3 is 14.5 Å². The van der Waals surface area contributed by atoms with Gasteiger partial charge in [-0.3, -0.25) is 9.59 Å². The van der Waals surface area contributed by atoms with E-state index in [4.69, 9.17) is 4.74 Å². The molecular formula is C18H18N2O3S. The van der Waals surface area contributed by atoms with Gasteiger partial charge >= 0.3 is 0 Å². The van der Waals surface area contributed by atoms with E-state index in [1.807, 2.05) is 26.6 Å². The summed E-state index contributed by atoms with van der Waals surface area (Å²) in [6.45, 7) is 0.689. The smallest absolute Gasteiger partial charge is 0.254 e. The van der Waals surface area contributed by atoms with Crippen LogP contribution in [0.2, 0.25) is 0 Å². The van der Waals surface area contributed by atoms with Gasteiger partial charge in [0.2, 0.25) is 5.91 Å². The minimum Gasteiger partial charge on any atom is -0.497 e. The Bertz CT molecular complexity index is 757. The third-order valence-electron chi connectivity index (χ3n) is 4.88. The number of amides is 2. The molecule has 0 radical (unpaired) electrons. The van der Waals surface area contributed by atoms with Crippen molar-refractivity contribution in [2.75, 3.05) is 18.6 Å². The lowest BCUT2D eigenvalue weighted by molar-refractivity contribution is -0.117. The fourth-order valence-electron chi connectivity index (χ4n) is 3.73. The first-order valence-electron chi connectivity index (χ1n) is 7.98. The number of anilines is 1. The number of nitrogens with zero attached hydrogens (tertiary/aromatic N) is 2. The fourth-order valence-corrected chi connectivity index (χ4v) is 4.36. The van der Waals surface area contributed by atoms with Gasteiger partial charge in [0.15, 0.2) is 0 Å². The number of hydrogen-bond acceptors (Lipinski definition) is 4. The molecule has 24 heavy (non-hydrogen) atoms. The first-order valence-corrected chi connectivity index (χ1v) is 8.92. The highest BCUT2D eigenvalue weighted by atomic mass is 32.1. The second-order valence-corrected chi connectivity index (χ2v) is 6.88. The maximum Gasteiger partial charge on any atom is 0.254 e. The van der Waals surface area contributed by atoms with Crippen molar-refractivity contribution in [3.63, 3.8) is 0 Å². The monoisotopic (exact) mass is 342 g/mol. The predicted octanol–water partition coefficient (Wildman–Crippen LogP) is 2.78. The Morgan fingerprint density at radius 2 is 2.00 bits per heavy atom. The number of carbonyl (C=O) groups is 2. The second-order valence-electron chi connectivity index (χ2n) is 6.10. The Kier molecular flexibility index (Phi) is 3.76. The minimum absolute atomic E-state index is 0.00915. The van der Waals surface area contributed by atoms with Crippen LogP contribution in [0.25, 0.3) is 0 Å². The van der Waals surface area contributed by atoms with Gasteiger partial charge in [0.1, 0.15) is 5.75 Å². The van der Waals surface area contributed by atoms with Crippen LogP contribution in [-0.4, -0.2) is 42.5 Å². The number of thiophene rings is 1. The molecule has 2 fully saturated rings. The average molecular weight is 342 g/mol. The van der Waals surface area contributed by atoms with Crippen molar-refractivity contribution in [2.45, 2.75) is 24.9 Å². The zero-order valence-corrected chi connectivity index (χ0v) is 14.2. The van der Waals surface area contributed by atoms with E-state index in [2.05, 4.69) is 0 Å². The molecule has 2 saturated heterocycles. The zero-order valence-electron chi connectivity index (χ0n) is 13.3. The van der Waals surface area contributed by atoms with Gasteiger partial charge in [-0.2, -0.15) is 11.3 Å². The number of methoxy groups -OCH3 is 1. The van der Waals surface area contributed by atoms with Crippen LogP contribution in [0, 0.1) is 0 Å². The normalized spacial score (nSPS) is 22.8. The molecule has 0 unspecified atom stereocenters. The summed E-state index contributed by atoms with van der Waals surface area (Å²) in [5, 5.41) is 3.97. The Morgan fingerprint density at radius 3 is 2.67 bits per heavy atom. The van der Waals surface area contributed by atoms with Gasteiger partial charge in [-0.05, 0) is 42.1 Å². The highest BCUT2D eigenvalue weighted by molar-refractivity contribution is 7.08. The van der Waals surface area contributed by atoms with E-state index in [-0.39, 0.29) is 23.9 Å². The van der Waals surface area contributed by atoms with Crippen molar-refractivity contribution in [3.05, 3.63) is 46.7 Å². The molecule has 124 valence electrons. The van der Waals surface area contributed by atoms with Crippen molar-refractivity contribution in [3.8, 4) is 5.75 Å². The van der Waals surface area contributed by atoms with Crippen LogP contribution in [0.5, 0.6) is 5.75 Å². The first kappa shape index (κ1) is 15.2. The quantitative estimate of drug-likeness (QED) is 0.862. The van der Waals surface area contributed by atoms with Crippen LogP contribution in [0.15, 0.2) is 41.1 Å². The Hall–Kier alpha value is -2.34. The molecule has 0 aliphatic carbocycles. The van der Waals surface area contributed by atoms with Gasteiger partial charge in [-0.15, -0.1) is 0 Å². The number of ether oxygens (including phenoxy) is 1. The number of carbonyl (C=O) groups excluding carboxylic acids is 2. The molecule has 4 rings (SSSR count). The first-order chi connectivity index (χ1) is 11.7. The van der Waals surface area contributed by atoms with Gasteiger partial charge in [0.05, 0.1) is 24.9 Å².